The summed E-state index contributed by atoms with van der Waals surface area (Å²) in [5.41, 5.74) is 2.23. The quantitative estimate of drug-likeness (QED) is 0.822. The van der Waals surface area contributed by atoms with E-state index >= 15 is 0 Å². The molecule has 0 aromatic heterocycles. The summed E-state index contributed by atoms with van der Waals surface area (Å²) in [4.78, 5) is 14.2. The zero-order valence-corrected chi connectivity index (χ0v) is 11.1. The van der Waals surface area contributed by atoms with Gasteiger partial charge in [0.2, 0.25) is 0 Å². The molecule has 2 saturated heterocycles. The number of carbonyl (C=O) groups is 1. The van der Waals surface area contributed by atoms with E-state index in [4.69, 9.17) is 0 Å². The van der Waals surface area contributed by atoms with Crippen LogP contribution in [0.15, 0.2) is 23.3 Å². The van der Waals surface area contributed by atoms with Crippen molar-refractivity contribution in [2.75, 3.05) is 19.6 Å². The Hall–Kier alpha value is -0.930. The molecule has 3 nitrogen and oxygen atoms in total. The molecule has 2 bridgehead atoms. The molecule has 18 heavy (non-hydrogen) atoms. The van der Waals surface area contributed by atoms with Gasteiger partial charge in [-0.1, -0.05) is 12.2 Å². The predicted octanol–water partition coefficient (Wildman–Crippen LogP) is 1.66. The van der Waals surface area contributed by atoms with Crippen LogP contribution in [-0.4, -0.2) is 42.4 Å². The van der Waals surface area contributed by atoms with Gasteiger partial charge < -0.3 is 5.32 Å². The van der Waals surface area contributed by atoms with Crippen molar-refractivity contribution in [3.8, 4) is 0 Å². The first-order chi connectivity index (χ1) is 8.72. The molecule has 0 unspecified atom stereocenters. The number of rotatable bonds is 3. The normalized spacial score (nSPS) is 32.4. The van der Waals surface area contributed by atoms with Gasteiger partial charge in [-0.25, -0.2) is 0 Å². The lowest BCUT2D eigenvalue weighted by Gasteiger charge is -2.33. The number of Topliss-reactive ketones (excluding diaryl/α,β-unsaturated/α-hetero) is 1. The Morgan fingerprint density at radius 3 is 2.78 bits per heavy atom. The molecular formula is C15H22N2O. The third kappa shape index (κ3) is 2.43. The summed E-state index contributed by atoms with van der Waals surface area (Å²) in [5.74, 6) is 0.299. The van der Waals surface area contributed by atoms with Crippen LogP contribution in [0.5, 0.6) is 0 Å². The Kier molecular flexibility index (Phi) is 3.35. The van der Waals surface area contributed by atoms with E-state index in [0.717, 1.165) is 18.5 Å². The van der Waals surface area contributed by atoms with Gasteiger partial charge in [-0.15, -0.1) is 0 Å². The van der Waals surface area contributed by atoms with Gasteiger partial charge in [-0.2, -0.15) is 0 Å². The Morgan fingerprint density at radius 2 is 2.06 bits per heavy atom. The van der Waals surface area contributed by atoms with Crippen molar-refractivity contribution < 1.29 is 4.79 Å². The van der Waals surface area contributed by atoms with Crippen molar-refractivity contribution >= 4 is 5.78 Å². The van der Waals surface area contributed by atoms with Crippen LogP contribution in [0, 0.1) is 0 Å². The molecule has 0 saturated carbocycles. The van der Waals surface area contributed by atoms with E-state index in [2.05, 4.69) is 16.3 Å². The molecule has 3 aliphatic rings. The van der Waals surface area contributed by atoms with Crippen LogP contribution in [-0.2, 0) is 4.79 Å². The molecule has 0 aromatic carbocycles. The van der Waals surface area contributed by atoms with Gasteiger partial charge in [-0.05, 0) is 37.3 Å². The summed E-state index contributed by atoms with van der Waals surface area (Å²) in [6.07, 6.45) is 8.43. The fourth-order valence-corrected chi connectivity index (χ4v) is 3.39. The molecule has 2 heterocycles. The van der Waals surface area contributed by atoms with Crippen LogP contribution < -0.4 is 5.32 Å². The molecule has 1 aliphatic carbocycles. The third-order valence-electron chi connectivity index (χ3n) is 4.51. The fourth-order valence-electron chi connectivity index (χ4n) is 3.39. The molecule has 2 atom stereocenters. The average molecular weight is 246 g/mol. The smallest absolute Gasteiger partial charge is 0.162 e. The molecule has 2 aliphatic heterocycles. The van der Waals surface area contributed by atoms with Crippen molar-refractivity contribution in [3.63, 3.8) is 0 Å². The summed E-state index contributed by atoms with van der Waals surface area (Å²) in [6.45, 7) is 5.43. The number of hydrogen-bond acceptors (Lipinski definition) is 3. The van der Waals surface area contributed by atoms with Gasteiger partial charge >= 0.3 is 0 Å². The highest BCUT2D eigenvalue weighted by atomic mass is 16.1. The Bertz CT molecular complexity index is 399. The molecule has 0 aromatic rings. The lowest BCUT2D eigenvalue weighted by atomic mass is 9.95. The first-order valence-electron chi connectivity index (χ1n) is 7.10. The number of allylic oxidation sites excluding steroid dienone is 3. The van der Waals surface area contributed by atoms with Crippen molar-refractivity contribution in [2.45, 2.75) is 44.7 Å². The highest BCUT2D eigenvalue weighted by Gasteiger charge is 2.31. The van der Waals surface area contributed by atoms with E-state index in [1.165, 1.54) is 31.5 Å². The zero-order valence-electron chi connectivity index (χ0n) is 11.1. The fraction of sp³-hybridized carbons (Fsp3) is 0.667. The molecule has 0 amide bonds. The molecular weight excluding hydrogens is 224 g/mol. The van der Waals surface area contributed by atoms with Gasteiger partial charge in [0.25, 0.3) is 0 Å². The van der Waals surface area contributed by atoms with Crippen molar-refractivity contribution in [2.24, 2.45) is 0 Å². The lowest BCUT2D eigenvalue weighted by Crippen LogP contribution is -2.51. The second-order valence-corrected chi connectivity index (χ2v) is 5.83. The monoisotopic (exact) mass is 246 g/mol. The molecule has 1 N–H and O–H groups in total. The number of hydrogen-bond donors (Lipinski definition) is 1. The molecule has 2 fully saturated rings. The minimum atomic E-state index is 0.299. The first-order valence-corrected chi connectivity index (χ1v) is 7.10. The maximum absolute atomic E-state index is 11.6. The van der Waals surface area contributed by atoms with Gasteiger partial charge in [-0.3, -0.25) is 9.69 Å². The SMILES string of the molecule is CC1=C(CCN2C[C@H]3CC[C@@H](C2)N3)C=CCC1=O. The van der Waals surface area contributed by atoms with Gasteiger partial charge in [0.05, 0.1) is 0 Å². The molecule has 0 spiro atoms. The molecule has 0 radical (unpaired) electrons. The van der Waals surface area contributed by atoms with Crippen LogP contribution in [0.25, 0.3) is 0 Å². The van der Waals surface area contributed by atoms with E-state index in [-0.39, 0.29) is 0 Å². The van der Waals surface area contributed by atoms with Crippen LogP contribution in [0.1, 0.15) is 32.6 Å². The average Bonchev–Trinajstić information content (AvgIpc) is 2.71. The summed E-state index contributed by atoms with van der Waals surface area (Å²) >= 11 is 0. The Morgan fingerprint density at radius 1 is 1.33 bits per heavy atom. The van der Waals surface area contributed by atoms with Crippen LogP contribution >= 0.6 is 0 Å². The van der Waals surface area contributed by atoms with Crippen LogP contribution in [0.3, 0.4) is 0 Å². The number of piperazine rings is 1. The van der Waals surface area contributed by atoms with Gasteiger partial charge in [0.15, 0.2) is 5.78 Å². The van der Waals surface area contributed by atoms with E-state index in [9.17, 15) is 4.79 Å². The summed E-state index contributed by atoms with van der Waals surface area (Å²) < 4.78 is 0. The van der Waals surface area contributed by atoms with E-state index in [0.29, 0.717) is 24.3 Å². The molecule has 98 valence electrons. The summed E-state index contributed by atoms with van der Waals surface area (Å²) in [6, 6.07) is 1.42. The molecule has 3 rings (SSSR count). The van der Waals surface area contributed by atoms with E-state index in [1.54, 1.807) is 0 Å². The third-order valence-corrected chi connectivity index (χ3v) is 4.51. The predicted molar refractivity (Wildman–Crippen MR) is 72.5 cm³/mol. The number of carbonyl (C=O) groups excluding carboxylic acids is 1. The zero-order chi connectivity index (χ0) is 12.5. The summed E-state index contributed by atoms with van der Waals surface area (Å²) in [5, 5.41) is 3.65. The largest absolute Gasteiger partial charge is 0.309 e. The van der Waals surface area contributed by atoms with Crippen molar-refractivity contribution in [1.82, 2.24) is 10.2 Å². The molecule has 3 heteroatoms. The van der Waals surface area contributed by atoms with Crippen molar-refractivity contribution in [3.05, 3.63) is 23.3 Å². The van der Waals surface area contributed by atoms with Gasteiger partial charge in [0, 0.05) is 38.1 Å². The standard InChI is InChI=1S/C15H22N2O/c1-11-12(3-2-4-15(11)18)7-8-17-9-13-5-6-14(10-17)16-13/h2-3,13-14,16H,4-10H2,1H3/t13-,14+. The van der Waals surface area contributed by atoms with Gasteiger partial charge in [0.1, 0.15) is 0 Å². The second-order valence-electron chi connectivity index (χ2n) is 5.83. The van der Waals surface area contributed by atoms with Crippen molar-refractivity contribution in [1.29, 1.82) is 0 Å². The lowest BCUT2D eigenvalue weighted by molar-refractivity contribution is -0.114. The van der Waals surface area contributed by atoms with E-state index < -0.39 is 0 Å². The Labute approximate surface area is 109 Å². The maximum Gasteiger partial charge on any atom is 0.162 e. The summed E-state index contributed by atoms with van der Waals surface area (Å²) in [7, 11) is 0. The topological polar surface area (TPSA) is 32.3 Å². The van der Waals surface area contributed by atoms with Crippen LogP contribution in [0.4, 0.5) is 0 Å². The number of nitrogens with zero attached hydrogens (tertiary/aromatic N) is 1. The highest BCUT2D eigenvalue weighted by Crippen LogP contribution is 2.22. The van der Waals surface area contributed by atoms with E-state index in [1.807, 2.05) is 13.0 Å². The van der Waals surface area contributed by atoms with Crippen LogP contribution in [0.2, 0.25) is 0 Å². The number of ketones is 1. The minimum Gasteiger partial charge on any atom is -0.309 e. The Balaban J connectivity index is 1.57. The maximum atomic E-state index is 11.6. The number of likely N-dealkylation sites (tertiary alicyclic amines) is 1. The second kappa shape index (κ2) is 4.98. The first kappa shape index (κ1) is 12.1. The number of nitrogens with one attached hydrogen (secondary N) is 1. The minimum absolute atomic E-state index is 0.299. The number of fused-ring (bicyclic) bond motifs is 2. The highest BCUT2D eigenvalue weighted by molar-refractivity contribution is 5.98.